The molecule has 0 saturated carbocycles. The molecule has 2 N–H and O–H groups in total. The highest BCUT2D eigenvalue weighted by Crippen LogP contribution is 2.58. The monoisotopic (exact) mass is 411 g/mol. The average molecular weight is 411 g/mol. The summed E-state index contributed by atoms with van der Waals surface area (Å²) in [5.41, 5.74) is 4.98. The number of carbonyl (C=O) groups is 1. The van der Waals surface area contributed by atoms with Gasteiger partial charge in [0.05, 0.1) is 0 Å². The number of hydrogen-bond acceptors (Lipinski definition) is 2. The van der Waals surface area contributed by atoms with Crippen molar-refractivity contribution in [3.63, 3.8) is 0 Å². The van der Waals surface area contributed by atoms with Crippen molar-refractivity contribution in [2.45, 2.75) is 69.0 Å². The molecule has 0 fully saturated rings. The van der Waals surface area contributed by atoms with Gasteiger partial charge < -0.3 is 5.73 Å². The zero-order chi connectivity index (χ0) is 21.4. The summed E-state index contributed by atoms with van der Waals surface area (Å²) in [6, 6.07) is -2.16. The van der Waals surface area contributed by atoms with Gasteiger partial charge in [-0.25, -0.2) is 0 Å². The highest BCUT2D eigenvalue weighted by Gasteiger charge is 2.86. The molecule has 0 saturated heterocycles. The number of rotatable bonds is 9. The fraction of sp³-hybridized carbons (Fsp3) is 0.923. The van der Waals surface area contributed by atoms with Crippen LogP contribution in [0, 0.1) is 5.92 Å². The lowest BCUT2D eigenvalue weighted by Crippen LogP contribution is -2.67. The molecule has 1 unspecified atom stereocenters. The summed E-state index contributed by atoms with van der Waals surface area (Å²) in [4.78, 5) is 11.4. The molecule has 0 rings (SSSR count). The highest BCUT2D eigenvalue weighted by molar-refractivity contribution is 5.79. The van der Waals surface area contributed by atoms with Gasteiger partial charge in [-0.1, -0.05) is 13.8 Å². The summed E-state index contributed by atoms with van der Waals surface area (Å²) < 4.78 is 141. The molecule has 0 aromatic heterocycles. The first-order valence-electron chi connectivity index (χ1n) is 7.06. The number of nitrogens with two attached hydrogens (primary N) is 1. The third-order valence-electron chi connectivity index (χ3n) is 3.25. The minimum Gasteiger partial charge on any atom is -0.327 e. The Morgan fingerprint density at radius 2 is 1.19 bits per heavy atom. The van der Waals surface area contributed by atoms with Crippen molar-refractivity contribution in [3.8, 4) is 0 Å². The Labute approximate surface area is 140 Å². The van der Waals surface area contributed by atoms with E-state index in [9.17, 15) is 53.1 Å². The number of Topliss-reactive ketones (excluding diaryl/α,β-unsaturated/α-hetero) is 1. The van der Waals surface area contributed by atoms with Gasteiger partial charge in [0.2, 0.25) is 0 Å². The Bertz CT molecular complexity index is 499. The van der Waals surface area contributed by atoms with Crippen molar-refractivity contribution < 1.29 is 53.1 Å². The molecule has 0 aliphatic carbocycles. The first-order chi connectivity index (χ1) is 11.2. The van der Waals surface area contributed by atoms with E-state index in [0.717, 1.165) is 0 Å². The van der Waals surface area contributed by atoms with Crippen molar-refractivity contribution in [3.05, 3.63) is 0 Å². The maximum Gasteiger partial charge on any atom is 0.460 e. The fourth-order valence-corrected chi connectivity index (χ4v) is 1.97. The van der Waals surface area contributed by atoms with Crippen LogP contribution in [0.25, 0.3) is 0 Å². The third kappa shape index (κ3) is 4.77. The van der Waals surface area contributed by atoms with Crippen molar-refractivity contribution in [2.24, 2.45) is 11.7 Å². The van der Waals surface area contributed by atoms with Crippen LogP contribution in [-0.2, 0) is 4.79 Å². The zero-order valence-corrected chi connectivity index (χ0v) is 13.4. The minimum atomic E-state index is -7.45. The van der Waals surface area contributed by atoms with E-state index in [1.54, 1.807) is 0 Å². The first kappa shape index (κ1) is 24.9. The Morgan fingerprint density at radius 1 is 0.769 bits per heavy atom. The van der Waals surface area contributed by atoms with Gasteiger partial charge in [0.1, 0.15) is 5.78 Å². The number of ketones is 1. The van der Waals surface area contributed by atoms with Gasteiger partial charge in [0.15, 0.2) is 0 Å². The van der Waals surface area contributed by atoms with Gasteiger partial charge in [-0.15, -0.1) is 0 Å². The second kappa shape index (κ2) is 7.47. The Kier molecular flexibility index (Phi) is 7.14. The molecule has 26 heavy (non-hydrogen) atoms. The topological polar surface area (TPSA) is 43.1 Å². The maximum absolute atomic E-state index is 13.5. The number of carbonyl (C=O) groups excluding carboxylic acids is 1. The Hall–Kier alpha value is -1.14. The smallest absolute Gasteiger partial charge is 0.327 e. The molecule has 0 radical (unpaired) electrons. The maximum atomic E-state index is 13.5. The molecule has 0 aromatic carbocycles. The van der Waals surface area contributed by atoms with Gasteiger partial charge in [-0.3, -0.25) is 4.79 Å². The summed E-state index contributed by atoms with van der Waals surface area (Å²) in [6.07, 6.45) is -10.8. The summed E-state index contributed by atoms with van der Waals surface area (Å²) in [5.74, 6) is -29.1. The zero-order valence-electron chi connectivity index (χ0n) is 13.4. The van der Waals surface area contributed by atoms with E-state index in [1.165, 1.54) is 13.8 Å². The molecule has 0 aliphatic rings. The molecular weight excluding hydrogens is 395 g/mol. The highest BCUT2D eigenvalue weighted by atomic mass is 19.4. The summed E-state index contributed by atoms with van der Waals surface area (Å²) in [6.45, 7) is 3.07. The second-order valence-electron chi connectivity index (χ2n) is 6.23. The molecule has 0 heterocycles. The third-order valence-corrected chi connectivity index (χ3v) is 3.25. The van der Waals surface area contributed by atoms with Crippen molar-refractivity contribution in [2.75, 3.05) is 0 Å². The van der Waals surface area contributed by atoms with Crippen LogP contribution in [0.1, 0.15) is 33.1 Å². The van der Waals surface area contributed by atoms with Gasteiger partial charge in [0, 0.05) is 25.3 Å². The Morgan fingerprint density at radius 3 is 1.54 bits per heavy atom. The first-order valence-corrected chi connectivity index (χ1v) is 7.06. The van der Waals surface area contributed by atoms with Gasteiger partial charge in [-0.05, 0) is 5.92 Å². The van der Waals surface area contributed by atoms with Crippen molar-refractivity contribution >= 4 is 5.78 Å². The quantitative estimate of drug-likeness (QED) is 0.554. The molecule has 2 nitrogen and oxygen atoms in total. The van der Waals surface area contributed by atoms with Crippen LogP contribution < -0.4 is 5.73 Å². The van der Waals surface area contributed by atoms with Crippen LogP contribution >= 0.6 is 0 Å². The van der Waals surface area contributed by atoms with Crippen LogP contribution in [0.3, 0.4) is 0 Å². The summed E-state index contributed by atoms with van der Waals surface area (Å²) in [5, 5.41) is 0. The van der Waals surface area contributed by atoms with E-state index in [4.69, 9.17) is 5.73 Å². The summed E-state index contributed by atoms with van der Waals surface area (Å²) in [7, 11) is 0. The fourth-order valence-electron chi connectivity index (χ4n) is 1.97. The molecule has 0 aliphatic heterocycles. The van der Waals surface area contributed by atoms with Gasteiger partial charge in [0.25, 0.3) is 0 Å². The molecule has 0 bridgehead atoms. The summed E-state index contributed by atoms with van der Waals surface area (Å²) >= 11 is 0. The van der Waals surface area contributed by atoms with E-state index in [-0.39, 0.29) is 12.3 Å². The number of alkyl halides is 11. The Balaban J connectivity index is 5.52. The van der Waals surface area contributed by atoms with Crippen LogP contribution in [0.15, 0.2) is 0 Å². The van der Waals surface area contributed by atoms with Crippen LogP contribution in [0.2, 0.25) is 0 Å². The lowest BCUT2D eigenvalue weighted by atomic mass is 9.91. The van der Waals surface area contributed by atoms with E-state index < -0.39 is 54.5 Å². The predicted octanol–water partition coefficient (Wildman–Crippen LogP) is 4.81. The SMILES string of the molecule is CC(C)CC(=O)CC(N)CC(F)(F)C(F)(F)C(F)(F)C(F)(F)C(F)(F)F. The lowest BCUT2D eigenvalue weighted by Gasteiger charge is -2.37. The largest absolute Gasteiger partial charge is 0.460 e. The molecule has 156 valence electrons. The lowest BCUT2D eigenvalue weighted by molar-refractivity contribution is -0.422. The van der Waals surface area contributed by atoms with Crippen molar-refractivity contribution in [1.82, 2.24) is 0 Å². The van der Waals surface area contributed by atoms with Crippen molar-refractivity contribution in [1.29, 1.82) is 0 Å². The number of halogens is 11. The standard InChI is InChI=1S/C13H16F11NO/c1-6(2)3-8(26)4-7(25)5-9(14,15)10(16,17)11(18,19)12(20,21)13(22,23)24/h6-7H,3-5,25H2,1-2H3. The molecule has 0 spiro atoms. The van der Waals surface area contributed by atoms with Crippen LogP contribution in [0.4, 0.5) is 48.3 Å². The van der Waals surface area contributed by atoms with Crippen LogP contribution in [0.5, 0.6) is 0 Å². The molecule has 13 heteroatoms. The average Bonchev–Trinajstić information content (AvgIpc) is 2.34. The molecule has 0 aromatic rings. The molecular formula is C13H16F11NO. The second-order valence-corrected chi connectivity index (χ2v) is 6.23. The molecule has 0 amide bonds. The number of hydrogen-bond donors (Lipinski definition) is 1. The van der Waals surface area contributed by atoms with E-state index in [1.807, 2.05) is 0 Å². The predicted molar refractivity (Wildman–Crippen MR) is 67.5 cm³/mol. The van der Waals surface area contributed by atoms with Gasteiger partial charge in [-0.2, -0.15) is 48.3 Å². The minimum absolute atomic E-state index is 0.210. The van der Waals surface area contributed by atoms with Crippen LogP contribution in [-0.4, -0.2) is 41.7 Å². The molecule has 1 atom stereocenters. The van der Waals surface area contributed by atoms with E-state index >= 15 is 0 Å². The normalized spacial score (nSPS) is 16.1. The van der Waals surface area contributed by atoms with E-state index in [2.05, 4.69) is 0 Å². The van der Waals surface area contributed by atoms with E-state index in [0.29, 0.717) is 0 Å². The van der Waals surface area contributed by atoms with Gasteiger partial charge >= 0.3 is 29.9 Å².